The number of Topliss-reactive ketones (excluding diaryl/α,β-unsaturated/α-hetero) is 1. The van der Waals surface area contributed by atoms with E-state index in [9.17, 15) is 4.79 Å². The lowest BCUT2D eigenvalue weighted by Gasteiger charge is -2.13. The van der Waals surface area contributed by atoms with Crippen molar-refractivity contribution in [3.63, 3.8) is 0 Å². The molecule has 0 fully saturated rings. The highest BCUT2D eigenvalue weighted by Gasteiger charge is 2.32. The van der Waals surface area contributed by atoms with Crippen molar-refractivity contribution < 1.29 is 9.53 Å². The minimum atomic E-state index is 0.0372. The Labute approximate surface area is 109 Å². The van der Waals surface area contributed by atoms with Crippen molar-refractivity contribution in [3.05, 3.63) is 45.6 Å². The Kier molecular flexibility index (Phi) is 2.79. The monoisotopic (exact) mass is 292 g/mol. The molecule has 88 valence electrons. The summed E-state index contributed by atoms with van der Waals surface area (Å²) in [5.41, 5.74) is 2.08. The summed E-state index contributed by atoms with van der Waals surface area (Å²) in [6.07, 6.45) is 3.33. The molecule has 1 unspecified atom stereocenters. The van der Waals surface area contributed by atoms with Crippen molar-refractivity contribution in [2.45, 2.75) is 31.8 Å². The Morgan fingerprint density at radius 1 is 1.18 bits per heavy atom. The first-order valence-electron chi connectivity index (χ1n) is 5.91. The molecule has 0 spiro atoms. The van der Waals surface area contributed by atoms with Gasteiger partial charge in [0.05, 0.1) is 0 Å². The Balaban J connectivity index is 1.82. The molecule has 0 saturated heterocycles. The Bertz CT molecular complexity index is 487. The number of ether oxygens (including phenoxy) is 1. The smallest absolute Gasteiger partial charge is 0.162 e. The van der Waals surface area contributed by atoms with Gasteiger partial charge in [0.25, 0.3) is 0 Å². The molecule has 0 aromatic heterocycles. The fourth-order valence-electron chi connectivity index (χ4n) is 2.49. The lowest BCUT2D eigenvalue weighted by molar-refractivity contribution is -0.116. The average Bonchev–Trinajstić information content (AvgIpc) is 2.75. The molecule has 0 bridgehead atoms. The second-order valence-corrected chi connectivity index (χ2v) is 5.46. The third-order valence-corrected chi connectivity index (χ3v) is 3.93. The lowest BCUT2D eigenvalue weighted by atomic mass is 9.93. The van der Waals surface area contributed by atoms with E-state index in [1.807, 2.05) is 12.1 Å². The van der Waals surface area contributed by atoms with Crippen LogP contribution in [-0.4, -0.2) is 5.78 Å². The van der Waals surface area contributed by atoms with Gasteiger partial charge in [-0.3, -0.25) is 4.79 Å². The molecule has 0 amide bonds. The van der Waals surface area contributed by atoms with Gasteiger partial charge in [-0.1, -0.05) is 28.1 Å². The maximum Gasteiger partial charge on any atom is 0.162 e. The van der Waals surface area contributed by atoms with Crippen molar-refractivity contribution in [3.8, 4) is 0 Å². The molecule has 2 aliphatic rings. The van der Waals surface area contributed by atoms with Crippen molar-refractivity contribution in [2.75, 3.05) is 0 Å². The maximum absolute atomic E-state index is 11.8. The molecule has 3 heteroatoms. The Hall–Kier alpha value is -1.09. The Morgan fingerprint density at radius 2 is 1.94 bits per heavy atom. The molecule has 1 heterocycles. The van der Waals surface area contributed by atoms with E-state index >= 15 is 0 Å². The highest BCUT2D eigenvalue weighted by molar-refractivity contribution is 9.10. The number of halogens is 1. The topological polar surface area (TPSA) is 26.3 Å². The molecule has 3 rings (SSSR count). The molecular weight excluding hydrogens is 280 g/mol. The molecule has 0 saturated carbocycles. The quantitative estimate of drug-likeness (QED) is 0.784. The van der Waals surface area contributed by atoms with Crippen LogP contribution in [0.5, 0.6) is 0 Å². The number of allylic oxidation sites excluding steroid dienone is 1. The van der Waals surface area contributed by atoms with Gasteiger partial charge in [-0.2, -0.15) is 0 Å². The summed E-state index contributed by atoms with van der Waals surface area (Å²) in [5.74, 6) is 1.22. The SMILES string of the molecule is O=C1CCCC2=C1CC(c1ccc(Br)cc1)O2. The molecule has 1 aliphatic heterocycles. The first-order chi connectivity index (χ1) is 8.24. The van der Waals surface area contributed by atoms with E-state index in [-0.39, 0.29) is 11.9 Å². The number of carbonyl (C=O) groups is 1. The standard InChI is InChI=1S/C14H13BrO2/c15-10-6-4-9(5-7-10)14-8-11-12(16)2-1-3-13(11)17-14/h4-7,14H,1-3,8H2. The van der Waals surface area contributed by atoms with E-state index in [1.54, 1.807) is 0 Å². The number of hydrogen-bond donors (Lipinski definition) is 0. The van der Waals surface area contributed by atoms with E-state index < -0.39 is 0 Å². The van der Waals surface area contributed by atoms with E-state index in [1.165, 1.54) is 0 Å². The van der Waals surface area contributed by atoms with Crippen LogP contribution in [0, 0.1) is 0 Å². The summed E-state index contributed by atoms with van der Waals surface area (Å²) in [5, 5.41) is 0. The summed E-state index contributed by atoms with van der Waals surface area (Å²) in [6.45, 7) is 0. The van der Waals surface area contributed by atoms with Gasteiger partial charge in [-0.05, 0) is 24.1 Å². The van der Waals surface area contributed by atoms with Crippen LogP contribution >= 0.6 is 15.9 Å². The molecule has 1 aromatic carbocycles. The van der Waals surface area contributed by atoms with Crippen LogP contribution in [0.2, 0.25) is 0 Å². The number of ketones is 1. The van der Waals surface area contributed by atoms with Crippen LogP contribution in [0.1, 0.15) is 37.4 Å². The predicted octanol–water partition coefficient (Wildman–Crippen LogP) is 3.92. The highest BCUT2D eigenvalue weighted by atomic mass is 79.9. The first kappa shape index (κ1) is 11.0. The largest absolute Gasteiger partial charge is 0.489 e. The molecule has 0 radical (unpaired) electrons. The van der Waals surface area contributed by atoms with Crippen LogP contribution in [-0.2, 0) is 9.53 Å². The van der Waals surface area contributed by atoms with Gasteiger partial charge in [-0.15, -0.1) is 0 Å². The third kappa shape index (κ3) is 2.04. The fraction of sp³-hybridized carbons (Fsp3) is 0.357. The zero-order chi connectivity index (χ0) is 11.8. The normalized spacial score (nSPS) is 23.6. The van der Waals surface area contributed by atoms with Crippen molar-refractivity contribution >= 4 is 21.7 Å². The van der Waals surface area contributed by atoms with Gasteiger partial charge >= 0.3 is 0 Å². The molecule has 0 N–H and O–H groups in total. The van der Waals surface area contributed by atoms with E-state index in [4.69, 9.17) is 4.74 Å². The molecule has 1 aromatic rings. The minimum Gasteiger partial charge on any atom is -0.489 e. The van der Waals surface area contributed by atoms with E-state index in [0.29, 0.717) is 6.42 Å². The summed E-state index contributed by atoms with van der Waals surface area (Å²) < 4.78 is 6.97. The van der Waals surface area contributed by atoms with Crippen LogP contribution < -0.4 is 0 Å². The van der Waals surface area contributed by atoms with Gasteiger partial charge in [0.1, 0.15) is 11.9 Å². The maximum atomic E-state index is 11.8. The molecule has 1 atom stereocenters. The summed E-state index contributed by atoms with van der Waals surface area (Å²) >= 11 is 3.42. The van der Waals surface area contributed by atoms with Gasteiger partial charge in [0.15, 0.2) is 5.78 Å². The summed E-state index contributed by atoms with van der Waals surface area (Å²) in [6, 6.07) is 8.13. The van der Waals surface area contributed by atoms with E-state index in [2.05, 4.69) is 28.1 Å². The third-order valence-electron chi connectivity index (χ3n) is 3.40. The van der Waals surface area contributed by atoms with Crippen LogP contribution in [0.15, 0.2) is 40.1 Å². The molecule has 2 nitrogen and oxygen atoms in total. The van der Waals surface area contributed by atoms with Gasteiger partial charge in [-0.25, -0.2) is 0 Å². The summed E-state index contributed by atoms with van der Waals surface area (Å²) in [7, 11) is 0. The summed E-state index contributed by atoms with van der Waals surface area (Å²) in [4.78, 5) is 11.8. The number of carbonyl (C=O) groups excluding carboxylic acids is 1. The zero-order valence-electron chi connectivity index (χ0n) is 9.41. The second kappa shape index (κ2) is 4.30. The fourth-order valence-corrected chi connectivity index (χ4v) is 2.75. The van der Waals surface area contributed by atoms with Crippen LogP contribution in [0.25, 0.3) is 0 Å². The lowest BCUT2D eigenvalue weighted by Crippen LogP contribution is -2.07. The van der Waals surface area contributed by atoms with Crippen molar-refractivity contribution in [2.24, 2.45) is 0 Å². The first-order valence-corrected chi connectivity index (χ1v) is 6.70. The molecule has 17 heavy (non-hydrogen) atoms. The predicted molar refractivity (Wildman–Crippen MR) is 68.5 cm³/mol. The molecule has 1 aliphatic carbocycles. The molecular formula is C14H13BrO2. The highest BCUT2D eigenvalue weighted by Crippen LogP contribution is 2.41. The number of rotatable bonds is 1. The zero-order valence-corrected chi connectivity index (χ0v) is 11.0. The average molecular weight is 293 g/mol. The van der Waals surface area contributed by atoms with Crippen molar-refractivity contribution in [1.82, 2.24) is 0 Å². The number of benzene rings is 1. The van der Waals surface area contributed by atoms with Crippen molar-refractivity contribution in [1.29, 1.82) is 0 Å². The van der Waals surface area contributed by atoms with Gasteiger partial charge in [0.2, 0.25) is 0 Å². The second-order valence-electron chi connectivity index (χ2n) is 4.54. The van der Waals surface area contributed by atoms with Gasteiger partial charge in [0, 0.05) is 29.3 Å². The number of hydrogen-bond acceptors (Lipinski definition) is 2. The Morgan fingerprint density at radius 3 is 2.65 bits per heavy atom. The van der Waals surface area contributed by atoms with Gasteiger partial charge < -0.3 is 4.74 Å². The van der Waals surface area contributed by atoms with Crippen LogP contribution in [0.4, 0.5) is 0 Å². The minimum absolute atomic E-state index is 0.0372. The van der Waals surface area contributed by atoms with E-state index in [0.717, 1.165) is 40.6 Å². The van der Waals surface area contributed by atoms with Crippen LogP contribution in [0.3, 0.4) is 0 Å².